The zero-order valence-electron chi connectivity index (χ0n) is 12.7. The number of aryl methyl sites for hydroxylation is 1. The normalized spacial score (nSPS) is 12.3. The van der Waals surface area contributed by atoms with E-state index in [9.17, 15) is 9.59 Å². The molecule has 1 amide bonds. The summed E-state index contributed by atoms with van der Waals surface area (Å²) < 4.78 is 1.34. The van der Waals surface area contributed by atoms with Gasteiger partial charge in [0, 0.05) is 18.0 Å². The lowest BCUT2D eigenvalue weighted by atomic mass is 10.1. The molecule has 5 heteroatoms. The number of hydrogen-bond acceptors (Lipinski definition) is 3. The Balaban J connectivity index is 2.50. The van der Waals surface area contributed by atoms with Gasteiger partial charge in [0.25, 0.3) is 11.5 Å². The predicted octanol–water partition coefficient (Wildman–Crippen LogP) is 2.33. The van der Waals surface area contributed by atoms with Gasteiger partial charge in [0.15, 0.2) is 5.69 Å². The summed E-state index contributed by atoms with van der Waals surface area (Å²) in [5.74, 6) is -0.227. The van der Waals surface area contributed by atoms with Gasteiger partial charge in [0.1, 0.15) is 0 Å². The van der Waals surface area contributed by atoms with Crippen molar-refractivity contribution in [2.24, 2.45) is 0 Å². The molecule has 1 atom stereocenters. The van der Waals surface area contributed by atoms with Crippen molar-refractivity contribution in [3.05, 3.63) is 40.3 Å². The van der Waals surface area contributed by atoms with E-state index in [1.165, 1.54) is 4.68 Å². The van der Waals surface area contributed by atoms with Crippen LogP contribution in [0.2, 0.25) is 0 Å². The van der Waals surface area contributed by atoms with Gasteiger partial charge in [-0.2, -0.15) is 5.10 Å². The van der Waals surface area contributed by atoms with E-state index < -0.39 is 0 Å². The molecule has 21 heavy (non-hydrogen) atoms. The zero-order chi connectivity index (χ0) is 15.4. The smallest absolute Gasteiger partial charge is 0.274 e. The van der Waals surface area contributed by atoms with E-state index in [2.05, 4.69) is 17.3 Å². The second kappa shape index (κ2) is 6.52. The molecule has 1 aromatic heterocycles. The van der Waals surface area contributed by atoms with Crippen LogP contribution >= 0.6 is 0 Å². The van der Waals surface area contributed by atoms with Crippen molar-refractivity contribution in [2.75, 3.05) is 0 Å². The Morgan fingerprint density at radius 3 is 2.57 bits per heavy atom. The summed E-state index contributed by atoms with van der Waals surface area (Å²) in [4.78, 5) is 24.7. The lowest BCUT2D eigenvalue weighted by Gasteiger charge is -2.14. The zero-order valence-corrected chi connectivity index (χ0v) is 12.7. The third-order valence-corrected chi connectivity index (χ3v) is 3.48. The summed E-state index contributed by atoms with van der Waals surface area (Å²) in [6.07, 6.45) is 1.92. The quantitative estimate of drug-likeness (QED) is 0.918. The van der Waals surface area contributed by atoms with Crippen LogP contribution in [0.1, 0.15) is 44.1 Å². The third kappa shape index (κ3) is 3.12. The van der Waals surface area contributed by atoms with E-state index in [1.807, 2.05) is 19.9 Å². The summed E-state index contributed by atoms with van der Waals surface area (Å²) in [5, 5.41) is 8.30. The molecule has 0 radical (unpaired) electrons. The molecule has 5 nitrogen and oxygen atoms in total. The minimum atomic E-state index is -0.227. The standard InChI is InChI=1S/C16H21N3O2/c1-4-8-11(3)17-15(20)14-12-9-6-7-10-13(12)16(21)19(5-2)18-14/h6-7,9-11H,4-5,8H2,1-3H3,(H,17,20)/t11-/m1/s1. The number of rotatable bonds is 5. The highest BCUT2D eigenvalue weighted by atomic mass is 16.2. The Bertz CT molecular complexity index is 706. The van der Waals surface area contributed by atoms with E-state index in [-0.39, 0.29) is 17.5 Å². The second-order valence-electron chi connectivity index (χ2n) is 5.18. The first-order chi connectivity index (χ1) is 10.1. The van der Waals surface area contributed by atoms with Crippen LogP contribution in [-0.2, 0) is 6.54 Å². The number of fused-ring (bicyclic) bond motifs is 1. The third-order valence-electron chi connectivity index (χ3n) is 3.48. The molecule has 0 spiro atoms. The van der Waals surface area contributed by atoms with Crippen LogP contribution in [0.25, 0.3) is 10.8 Å². The molecule has 0 saturated heterocycles. The summed E-state index contributed by atoms with van der Waals surface area (Å²) in [6, 6.07) is 7.20. The lowest BCUT2D eigenvalue weighted by Crippen LogP contribution is -2.35. The fraction of sp³-hybridized carbons (Fsp3) is 0.438. The van der Waals surface area contributed by atoms with Crippen LogP contribution in [0.5, 0.6) is 0 Å². The first kappa shape index (κ1) is 15.2. The van der Waals surface area contributed by atoms with Crippen molar-refractivity contribution in [2.45, 2.75) is 46.2 Å². The Morgan fingerprint density at radius 1 is 1.29 bits per heavy atom. The molecule has 1 aromatic carbocycles. The van der Waals surface area contributed by atoms with Crippen LogP contribution < -0.4 is 10.9 Å². The van der Waals surface area contributed by atoms with Gasteiger partial charge >= 0.3 is 0 Å². The summed E-state index contributed by atoms with van der Waals surface area (Å²) in [7, 11) is 0. The second-order valence-corrected chi connectivity index (χ2v) is 5.18. The molecule has 0 aliphatic heterocycles. The molecule has 2 rings (SSSR count). The minimum absolute atomic E-state index is 0.0880. The van der Waals surface area contributed by atoms with Gasteiger partial charge in [-0.15, -0.1) is 0 Å². The molecule has 2 aromatic rings. The number of nitrogens with one attached hydrogen (secondary N) is 1. The average molecular weight is 287 g/mol. The number of amides is 1. The van der Waals surface area contributed by atoms with E-state index >= 15 is 0 Å². The lowest BCUT2D eigenvalue weighted by molar-refractivity contribution is 0.0933. The Morgan fingerprint density at radius 2 is 1.95 bits per heavy atom. The molecule has 0 fully saturated rings. The SMILES string of the molecule is CCC[C@@H](C)NC(=O)c1nn(CC)c(=O)c2ccccc12. The Labute approximate surface area is 124 Å². The Hall–Kier alpha value is -2.17. The molecule has 1 N–H and O–H groups in total. The summed E-state index contributed by atoms with van der Waals surface area (Å²) >= 11 is 0. The van der Waals surface area contributed by atoms with E-state index in [0.717, 1.165) is 12.8 Å². The molecule has 0 aliphatic carbocycles. The van der Waals surface area contributed by atoms with E-state index in [0.29, 0.717) is 23.0 Å². The van der Waals surface area contributed by atoms with Gasteiger partial charge in [-0.1, -0.05) is 31.5 Å². The summed E-state index contributed by atoms with van der Waals surface area (Å²) in [5.41, 5.74) is 0.154. The molecule has 0 aliphatic rings. The monoisotopic (exact) mass is 287 g/mol. The van der Waals surface area contributed by atoms with Crippen molar-refractivity contribution in [1.82, 2.24) is 15.1 Å². The van der Waals surface area contributed by atoms with Crippen LogP contribution in [0.15, 0.2) is 29.1 Å². The van der Waals surface area contributed by atoms with Crippen molar-refractivity contribution in [1.29, 1.82) is 0 Å². The van der Waals surface area contributed by atoms with Crippen molar-refractivity contribution in [3.63, 3.8) is 0 Å². The van der Waals surface area contributed by atoms with Gasteiger partial charge < -0.3 is 5.32 Å². The highest BCUT2D eigenvalue weighted by Crippen LogP contribution is 2.13. The minimum Gasteiger partial charge on any atom is -0.348 e. The van der Waals surface area contributed by atoms with E-state index in [4.69, 9.17) is 0 Å². The highest BCUT2D eigenvalue weighted by molar-refractivity contribution is 6.04. The highest BCUT2D eigenvalue weighted by Gasteiger charge is 2.17. The van der Waals surface area contributed by atoms with Crippen LogP contribution in [0.3, 0.4) is 0 Å². The number of benzene rings is 1. The first-order valence-electron chi connectivity index (χ1n) is 7.39. The van der Waals surface area contributed by atoms with Crippen LogP contribution in [0.4, 0.5) is 0 Å². The molecule has 0 saturated carbocycles. The molecule has 1 heterocycles. The predicted molar refractivity (Wildman–Crippen MR) is 83.5 cm³/mol. The topological polar surface area (TPSA) is 64.0 Å². The van der Waals surface area contributed by atoms with Crippen LogP contribution in [0, 0.1) is 0 Å². The van der Waals surface area contributed by atoms with Gasteiger partial charge in [-0.05, 0) is 26.3 Å². The van der Waals surface area contributed by atoms with Gasteiger partial charge in [-0.25, -0.2) is 4.68 Å². The molecular formula is C16H21N3O2. The largest absolute Gasteiger partial charge is 0.348 e. The maximum absolute atomic E-state index is 12.4. The molecule has 0 unspecified atom stereocenters. The van der Waals surface area contributed by atoms with Crippen LogP contribution in [-0.4, -0.2) is 21.7 Å². The molecular weight excluding hydrogens is 266 g/mol. The van der Waals surface area contributed by atoms with Crippen molar-refractivity contribution < 1.29 is 4.79 Å². The van der Waals surface area contributed by atoms with Gasteiger partial charge in [0.2, 0.25) is 0 Å². The van der Waals surface area contributed by atoms with Crippen molar-refractivity contribution >= 4 is 16.7 Å². The number of aromatic nitrogens is 2. The van der Waals surface area contributed by atoms with Crippen molar-refractivity contribution in [3.8, 4) is 0 Å². The number of carbonyl (C=O) groups is 1. The fourth-order valence-electron chi connectivity index (χ4n) is 2.41. The van der Waals surface area contributed by atoms with Gasteiger partial charge in [0.05, 0.1) is 5.39 Å². The first-order valence-corrected chi connectivity index (χ1v) is 7.39. The Kier molecular flexibility index (Phi) is 4.73. The summed E-state index contributed by atoms with van der Waals surface area (Å²) in [6.45, 7) is 6.33. The molecule has 112 valence electrons. The maximum Gasteiger partial charge on any atom is 0.274 e. The number of carbonyl (C=O) groups excluding carboxylic acids is 1. The molecule has 0 bridgehead atoms. The fourth-order valence-corrected chi connectivity index (χ4v) is 2.41. The van der Waals surface area contributed by atoms with E-state index in [1.54, 1.807) is 18.2 Å². The average Bonchev–Trinajstić information content (AvgIpc) is 2.48. The van der Waals surface area contributed by atoms with Gasteiger partial charge in [-0.3, -0.25) is 9.59 Å². The maximum atomic E-state index is 12.4. The number of hydrogen-bond donors (Lipinski definition) is 1. The number of nitrogens with zero attached hydrogens (tertiary/aromatic N) is 2.